The molecule has 7 nitrogen and oxygen atoms in total. The van der Waals surface area contributed by atoms with Crippen LogP contribution in [0.2, 0.25) is 0 Å². The third-order valence-electron chi connectivity index (χ3n) is 3.93. The summed E-state index contributed by atoms with van der Waals surface area (Å²) in [5, 5.41) is 3.83. The predicted octanol–water partition coefficient (Wildman–Crippen LogP) is 2.65. The molecule has 26 heavy (non-hydrogen) atoms. The van der Waals surface area contributed by atoms with E-state index < -0.39 is 0 Å². The molecule has 0 radical (unpaired) electrons. The van der Waals surface area contributed by atoms with Gasteiger partial charge < -0.3 is 19.1 Å². The summed E-state index contributed by atoms with van der Waals surface area (Å²) in [4.78, 5) is 13.0. The fourth-order valence-electron chi connectivity index (χ4n) is 2.49. The van der Waals surface area contributed by atoms with E-state index in [1.54, 1.807) is 13.1 Å². The first-order valence-electron chi connectivity index (χ1n) is 8.85. The zero-order valence-corrected chi connectivity index (χ0v) is 16.2. The molecule has 142 valence electrons. The van der Waals surface area contributed by atoms with Gasteiger partial charge in [0.05, 0.1) is 0 Å². The molecule has 0 spiro atoms. The lowest BCUT2D eigenvalue weighted by Crippen LogP contribution is -2.37. The zero-order valence-electron chi connectivity index (χ0n) is 16.2. The van der Waals surface area contributed by atoms with Gasteiger partial charge in [-0.3, -0.25) is 0 Å². The van der Waals surface area contributed by atoms with Crippen LogP contribution in [-0.2, 0) is 0 Å². The van der Waals surface area contributed by atoms with Crippen LogP contribution in [0.1, 0.15) is 18.7 Å². The average Bonchev–Trinajstić information content (AvgIpc) is 3.04. The van der Waals surface area contributed by atoms with Gasteiger partial charge in [0.1, 0.15) is 6.10 Å². The molecule has 7 heteroatoms. The van der Waals surface area contributed by atoms with Gasteiger partial charge in [-0.05, 0) is 47.0 Å². The summed E-state index contributed by atoms with van der Waals surface area (Å²) in [7, 11) is 6.27. The fraction of sp³-hybridized carbons (Fsp3) is 0.526. The predicted molar refractivity (Wildman–Crippen MR) is 102 cm³/mol. The lowest BCUT2D eigenvalue weighted by Gasteiger charge is -2.25. The number of pyridine rings is 1. The number of hydrogen-bond acceptors (Lipinski definition) is 7. The van der Waals surface area contributed by atoms with Crippen molar-refractivity contribution in [3.63, 3.8) is 0 Å². The van der Waals surface area contributed by atoms with Gasteiger partial charge in [0.15, 0.2) is 5.82 Å². The van der Waals surface area contributed by atoms with Crippen LogP contribution >= 0.6 is 0 Å². The molecule has 0 aliphatic rings. The molecular weight excluding hydrogens is 330 g/mol. The molecule has 0 fully saturated rings. The summed E-state index contributed by atoms with van der Waals surface area (Å²) >= 11 is 0. The highest BCUT2D eigenvalue weighted by atomic mass is 16.5. The first-order valence-corrected chi connectivity index (χ1v) is 8.85. The Hall–Kier alpha value is -2.25. The van der Waals surface area contributed by atoms with Crippen LogP contribution < -0.4 is 4.74 Å². The lowest BCUT2D eigenvalue weighted by molar-refractivity contribution is 0.131. The first-order chi connectivity index (χ1) is 12.5. The Morgan fingerprint density at radius 2 is 2.12 bits per heavy atom. The van der Waals surface area contributed by atoms with Crippen molar-refractivity contribution in [2.24, 2.45) is 0 Å². The van der Waals surface area contributed by atoms with Crippen LogP contribution in [-0.4, -0.2) is 71.8 Å². The molecule has 0 bridgehead atoms. The maximum Gasteiger partial charge on any atom is 0.258 e. The van der Waals surface area contributed by atoms with E-state index in [-0.39, 0.29) is 6.10 Å². The van der Waals surface area contributed by atoms with Crippen LogP contribution in [0.25, 0.3) is 11.5 Å². The van der Waals surface area contributed by atoms with Crippen molar-refractivity contribution in [1.29, 1.82) is 0 Å². The maximum atomic E-state index is 6.16. The number of nitrogens with zero attached hydrogens (tertiary/aromatic N) is 5. The SMILES string of the molecule is C=CCCC(CN(C)CCN(C)C)Oc1cc(-c2nc(C)no2)ccn1. The van der Waals surface area contributed by atoms with Crippen LogP contribution in [0, 0.1) is 6.92 Å². The van der Waals surface area contributed by atoms with Gasteiger partial charge in [0.25, 0.3) is 5.89 Å². The van der Waals surface area contributed by atoms with Crippen molar-refractivity contribution in [2.75, 3.05) is 40.8 Å². The van der Waals surface area contributed by atoms with E-state index in [1.165, 1.54) is 0 Å². The summed E-state index contributed by atoms with van der Waals surface area (Å²) < 4.78 is 11.4. The molecule has 1 atom stereocenters. The Balaban J connectivity index is 2.03. The van der Waals surface area contributed by atoms with Crippen molar-refractivity contribution >= 4 is 0 Å². The Morgan fingerprint density at radius 1 is 1.31 bits per heavy atom. The van der Waals surface area contributed by atoms with E-state index in [1.807, 2.05) is 18.2 Å². The van der Waals surface area contributed by atoms with E-state index in [0.717, 1.165) is 38.0 Å². The number of hydrogen-bond donors (Lipinski definition) is 0. The fourth-order valence-corrected chi connectivity index (χ4v) is 2.49. The van der Waals surface area contributed by atoms with E-state index in [9.17, 15) is 0 Å². The van der Waals surface area contributed by atoms with Crippen molar-refractivity contribution in [3.05, 3.63) is 36.8 Å². The number of likely N-dealkylation sites (N-methyl/N-ethyl adjacent to an activating group) is 2. The van der Waals surface area contributed by atoms with Crippen LogP contribution in [0.5, 0.6) is 5.88 Å². The normalized spacial score (nSPS) is 12.5. The van der Waals surface area contributed by atoms with Gasteiger partial charge >= 0.3 is 0 Å². The van der Waals surface area contributed by atoms with Gasteiger partial charge in [-0.15, -0.1) is 6.58 Å². The summed E-state index contributed by atoms with van der Waals surface area (Å²) in [6, 6.07) is 3.68. The number of aryl methyl sites for hydroxylation is 1. The van der Waals surface area contributed by atoms with E-state index in [4.69, 9.17) is 9.26 Å². The van der Waals surface area contributed by atoms with Crippen molar-refractivity contribution in [3.8, 4) is 17.3 Å². The molecule has 0 saturated heterocycles. The van der Waals surface area contributed by atoms with Gasteiger partial charge in [0, 0.05) is 37.5 Å². The highest BCUT2D eigenvalue weighted by Crippen LogP contribution is 2.21. The summed E-state index contributed by atoms with van der Waals surface area (Å²) in [5.74, 6) is 1.64. The Morgan fingerprint density at radius 3 is 2.77 bits per heavy atom. The Kier molecular flexibility index (Phi) is 7.74. The molecule has 0 aliphatic heterocycles. The second-order valence-electron chi connectivity index (χ2n) is 6.70. The number of allylic oxidation sites excluding steroid dienone is 1. The van der Waals surface area contributed by atoms with Crippen LogP contribution in [0.3, 0.4) is 0 Å². The van der Waals surface area contributed by atoms with Gasteiger partial charge in [-0.1, -0.05) is 11.2 Å². The maximum absolute atomic E-state index is 6.16. The molecule has 0 amide bonds. The van der Waals surface area contributed by atoms with E-state index >= 15 is 0 Å². The van der Waals surface area contributed by atoms with Crippen LogP contribution in [0.15, 0.2) is 35.5 Å². The molecule has 2 aromatic heterocycles. The third kappa shape index (κ3) is 6.57. The summed E-state index contributed by atoms with van der Waals surface area (Å²) in [5.41, 5.74) is 0.805. The van der Waals surface area contributed by atoms with Gasteiger partial charge in [0.2, 0.25) is 5.88 Å². The highest BCUT2D eigenvalue weighted by molar-refractivity contribution is 5.53. The second kappa shape index (κ2) is 10.0. The van der Waals surface area contributed by atoms with Crippen molar-refractivity contribution < 1.29 is 9.26 Å². The van der Waals surface area contributed by atoms with Gasteiger partial charge in [-0.25, -0.2) is 4.98 Å². The minimum absolute atomic E-state index is 0.0346. The molecule has 2 aromatic rings. The topological polar surface area (TPSA) is 67.5 Å². The average molecular weight is 359 g/mol. The smallest absolute Gasteiger partial charge is 0.258 e. The van der Waals surface area contributed by atoms with E-state index in [0.29, 0.717) is 17.6 Å². The highest BCUT2D eigenvalue weighted by Gasteiger charge is 2.15. The Labute approximate surface area is 155 Å². The lowest BCUT2D eigenvalue weighted by atomic mass is 10.2. The standard InChI is InChI=1S/C19H29N5O2/c1-6-7-8-17(14-24(5)12-11-23(3)4)25-18-13-16(9-10-20-18)19-21-15(2)22-26-19/h6,9-10,13,17H,1,7-8,11-12,14H2,2-5H3. The zero-order chi connectivity index (χ0) is 18.9. The third-order valence-corrected chi connectivity index (χ3v) is 3.93. The number of aromatic nitrogens is 3. The summed E-state index contributed by atoms with van der Waals surface area (Å²) in [6.07, 6.45) is 5.44. The molecule has 0 aromatic carbocycles. The molecule has 2 rings (SSSR count). The monoisotopic (exact) mass is 359 g/mol. The van der Waals surface area contributed by atoms with Gasteiger partial charge in [-0.2, -0.15) is 4.98 Å². The second-order valence-corrected chi connectivity index (χ2v) is 6.70. The molecule has 2 heterocycles. The number of ether oxygens (including phenoxy) is 1. The number of rotatable bonds is 11. The molecule has 0 saturated carbocycles. The Bertz CT molecular complexity index is 686. The van der Waals surface area contributed by atoms with Crippen molar-refractivity contribution in [1.82, 2.24) is 24.9 Å². The van der Waals surface area contributed by atoms with Crippen LogP contribution in [0.4, 0.5) is 0 Å². The molecule has 0 aliphatic carbocycles. The quantitative estimate of drug-likeness (QED) is 0.571. The van der Waals surface area contributed by atoms with E-state index in [2.05, 4.69) is 52.6 Å². The minimum Gasteiger partial charge on any atom is -0.473 e. The first kappa shape index (κ1) is 20.1. The molecular formula is C19H29N5O2. The largest absolute Gasteiger partial charge is 0.473 e. The molecule has 0 N–H and O–H groups in total. The van der Waals surface area contributed by atoms with Crippen molar-refractivity contribution in [2.45, 2.75) is 25.9 Å². The molecule has 1 unspecified atom stereocenters. The minimum atomic E-state index is 0.0346. The summed E-state index contributed by atoms with van der Waals surface area (Å²) in [6.45, 7) is 8.42.